The number of ether oxygens (including phenoxy) is 1. The van der Waals surface area contributed by atoms with Crippen LogP contribution in [-0.2, 0) is 16.1 Å². The Morgan fingerprint density at radius 3 is 2.81 bits per heavy atom. The molecule has 6 nitrogen and oxygen atoms in total. The van der Waals surface area contributed by atoms with Crippen LogP contribution in [0.1, 0.15) is 12.0 Å². The lowest BCUT2D eigenvalue weighted by atomic mass is 9.99. The van der Waals surface area contributed by atoms with Gasteiger partial charge in [0.25, 0.3) is 0 Å². The highest BCUT2D eigenvalue weighted by atomic mass is 16.5. The number of nitrogens with two attached hydrogens (primary N) is 1. The van der Waals surface area contributed by atoms with Crippen molar-refractivity contribution in [2.24, 2.45) is 5.73 Å². The summed E-state index contributed by atoms with van der Waals surface area (Å²) < 4.78 is 5.20. The van der Waals surface area contributed by atoms with Crippen LogP contribution in [0.2, 0.25) is 0 Å². The predicted molar refractivity (Wildman–Crippen MR) is 78.2 cm³/mol. The zero-order valence-corrected chi connectivity index (χ0v) is 11.6. The lowest BCUT2D eigenvalue weighted by Crippen LogP contribution is -2.54. The molecule has 0 bridgehead atoms. The van der Waals surface area contributed by atoms with Crippen molar-refractivity contribution >= 4 is 5.91 Å². The lowest BCUT2D eigenvalue weighted by Gasteiger charge is -2.20. The van der Waals surface area contributed by atoms with E-state index < -0.39 is 5.54 Å². The average Bonchev–Trinajstić information content (AvgIpc) is 3.17. The Morgan fingerprint density at radius 1 is 1.38 bits per heavy atom. The van der Waals surface area contributed by atoms with Crippen molar-refractivity contribution in [1.29, 1.82) is 0 Å². The molecule has 6 heteroatoms. The first-order chi connectivity index (χ1) is 10.2. The van der Waals surface area contributed by atoms with Crippen LogP contribution < -0.4 is 11.1 Å². The Labute approximate surface area is 122 Å². The molecule has 2 heterocycles. The van der Waals surface area contributed by atoms with Crippen molar-refractivity contribution in [3.05, 3.63) is 42.1 Å². The SMILES string of the molecule is NC1(C(=O)NCc2ccc(-c3ccn[nH]3)cc2)CCOC1. The second-order valence-corrected chi connectivity index (χ2v) is 5.31. The van der Waals surface area contributed by atoms with E-state index in [0.29, 0.717) is 19.6 Å². The average molecular weight is 286 g/mol. The number of nitrogens with zero attached hydrogens (tertiary/aromatic N) is 1. The number of aromatic amines is 1. The Morgan fingerprint density at radius 2 is 2.19 bits per heavy atom. The Hall–Kier alpha value is -2.18. The van der Waals surface area contributed by atoms with Crippen molar-refractivity contribution < 1.29 is 9.53 Å². The highest BCUT2D eigenvalue weighted by Gasteiger charge is 2.37. The van der Waals surface area contributed by atoms with Crippen LogP contribution in [0.25, 0.3) is 11.3 Å². The maximum absolute atomic E-state index is 12.1. The molecule has 0 radical (unpaired) electrons. The zero-order chi connectivity index (χ0) is 14.7. The summed E-state index contributed by atoms with van der Waals surface area (Å²) >= 11 is 0. The van der Waals surface area contributed by atoms with Gasteiger partial charge in [0.05, 0.1) is 12.3 Å². The van der Waals surface area contributed by atoms with E-state index in [1.165, 1.54) is 0 Å². The van der Waals surface area contributed by atoms with E-state index in [1.807, 2.05) is 30.3 Å². The summed E-state index contributed by atoms with van der Waals surface area (Å²) in [6.07, 6.45) is 2.28. The molecule has 1 amide bonds. The molecule has 0 saturated carbocycles. The summed E-state index contributed by atoms with van der Waals surface area (Å²) in [4.78, 5) is 12.1. The van der Waals surface area contributed by atoms with E-state index in [4.69, 9.17) is 10.5 Å². The minimum absolute atomic E-state index is 0.155. The number of hydrogen-bond donors (Lipinski definition) is 3. The molecule has 1 unspecified atom stereocenters. The maximum Gasteiger partial charge on any atom is 0.242 e. The third-order valence-corrected chi connectivity index (χ3v) is 3.72. The molecule has 21 heavy (non-hydrogen) atoms. The summed E-state index contributed by atoms with van der Waals surface area (Å²) in [5.41, 5.74) is 8.17. The van der Waals surface area contributed by atoms with Crippen LogP contribution >= 0.6 is 0 Å². The minimum Gasteiger partial charge on any atom is -0.379 e. The number of aromatic nitrogens is 2. The number of carbonyl (C=O) groups is 1. The Balaban J connectivity index is 1.60. The summed E-state index contributed by atoms with van der Waals surface area (Å²) in [6.45, 7) is 1.29. The van der Waals surface area contributed by atoms with Gasteiger partial charge in [-0.25, -0.2) is 0 Å². The van der Waals surface area contributed by atoms with E-state index in [9.17, 15) is 4.79 Å². The van der Waals surface area contributed by atoms with Crippen LogP contribution in [0.15, 0.2) is 36.5 Å². The van der Waals surface area contributed by atoms with Crippen LogP contribution in [0, 0.1) is 0 Å². The zero-order valence-electron chi connectivity index (χ0n) is 11.6. The number of hydrogen-bond acceptors (Lipinski definition) is 4. The van der Waals surface area contributed by atoms with E-state index in [1.54, 1.807) is 6.20 Å². The van der Waals surface area contributed by atoms with E-state index in [2.05, 4.69) is 15.5 Å². The summed E-state index contributed by atoms with van der Waals surface area (Å²) in [5.74, 6) is -0.155. The topological polar surface area (TPSA) is 93.0 Å². The highest BCUT2D eigenvalue weighted by molar-refractivity contribution is 5.86. The van der Waals surface area contributed by atoms with E-state index in [0.717, 1.165) is 16.8 Å². The van der Waals surface area contributed by atoms with Crippen molar-refractivity contribution in [3.8, 4) is 11.3 Å². The molecule has 1 aliphatic rings. The van der Waals surface area contributed by atoms with Gasteiger partial charge >= 0.3 is 0 Å². The fourth-order valence-electron chi connectivity index (χ4n) is 2.34. The van der Waals surface area contributed by atoms with Gasteiger partial charge in [-0.2, -0.15) is 5.10 Å². The fourth-order valence-corrected chi connectivity index (χ4v) is 2.34. The summed E-state index contributed by atoms with van der Waals surface area (Å²) in [5, 5.41) is 9.71. The van der Waals surface area contributed by atoms with Crippen LogP contribution in [0.5, 0.6) is 0 Å². The number of benzene rings is 1. The van der Waals surface area contributed by atoms with Crippen LogP contribution in [-0.4, -0.2) is 34.9 Å². The van der Waals surface area contributed by atoms with Crippen molar-refractivity contribution in [1.82, 2.24) is 15.5 Å². The van der Waals surface area contributed by atoms with Gasteiger partial charge in [0.15, 0.2) is 0 Å². The molecule has 0 spiro atoms. The molecule has 4 N–H and O–H groups in total. The minimum atomic E-state index is -0.879. The molecule has 1 saturated heterocycles. The van der Waals surface area contributed by atoms with Crippen molar-refractivity contribution in [2.75, 3.05) is 13.2 Å². The standard InChI is InChI=1S/C15H18N4O2/c16-15(6-8-21-10-15)14(20)17-9-11-1-3-12(4-2-11)13-5-7-18-19-13/h1-5,7H,6,8-10,16H2,(H,17,20)(H,18,19). The molecular formula is C15H18N4O2. The van der Waals surface area contributed by atoms with Crippen molar-refractivity contribution in [3.63, 3.8) is 0 Å². The predicted octanol–water partition coefficient (Wildman–Crippen LogP) is 0.811. The second kappa shape index (κ2) is 5.67. The number of rotatable bonds is 4. The molecule has 1 aliphatic heterocycles. The van der Waals surface area contributed by atoms with Crippen LogP contribution in [0.4, 0.5) is 0 Å². The smallest absolute Gasteiger partial charge is 0.242 e. The number of carbonyl (C=O) groups excluding carboxylic acids is 1. The molecular weight excluding hydrogens is 268 g/mol. The van der Waals surface area contributed by atoms with Crippen molar-refractivity contribution in [2.45, 2.75) is 18.5 Å². The number of nitrogens with one attached hydrogen (secondary N) is 2. The molecule has 1 aromatic heterocycles. The normalized spacial score (nSPS) is 21.4. The fraction of sp³-hybridized carbons (Fsp3) is 0.333. The van der Waals surface area contributed by atoms with Gasteiger partial charge in [0.1, 0.15) is 5.54 Å². The molecule has 1 atom stereocenters. The monoisotopic (exact) mass is 286 g/mol. The van der Waals surface area contributed by atoms with Gasteiger partial charge in [0, 0.05) is 19.3 Å². The van der Waals surface area contributed by atoms with Gasteiger partial charge in [-0.3, -0.25) is 9.89 Å². The third-order valence-electron chi connectivity index (χ3n) is 3.72. The first-order valence-corrected chi connectivity index (χ1v) is 6.91. The van der Waals surface area contributed by atoms with E-state index >= 15 is 0 Å². The highest BCUT2D eigenvalue weighted by Crippen LogP contribution is 2.18. The Bertz CT molecular complexity index is 601. The first-order valence-electron chi connectivity index (χ1n) is 6.91. The maximum atomic E-state index is 12.1. The lowest BCUT2D eigenvalue weighted by molar-refractivity contribution is -0.126. The summed E-state index contributed by atoms with van der Waals surface area (Å²) in [7, 11) is 0. The van der Waals surface area contributed by atoms with Crippen LogP contribution in [0.3, 0.4) is 0 Å². The van der Waals surface area contributed by atoms with E-state index in [-0.39, 0.29) is 12.5 Å². The van der Waals surface area contributed by atoms with Gasteiger partial charge in [0.2, 0.25) is 5.91 Å². The van der Waals surface area contributed by atoms with Gasteiger partial charge in [-0.05, 0) is 23.6 Å². The first kappa shape index (κ1) is 13.8. The quantitative estimate of drug-likeness (QED) is 0.775. The molecule has 1 aromatic carbocycles. The number of amides is 1. The molecule has 3 rings (SSSR count). The second-order valence-electron chi connectivity index (χ2n) is 5.31. The molecule has 1 fully saturated rings. The molecule has 0 aliphatic carbocycles. The third kappa shape index (κ3) is 2.96. The number of H-pyrrole nitrogens is 1. The largest absolute Gasteiger partial charge is 0.379 e. The Kier molecular flexibility index (Phi) is 3.72. The molecule has 2 aromatic rings. The summed E-state index contributed by atoms with van der Waals surface area (Å²) in [6, 6.07) is 9.85. The molecule has 110 valence electrons. The van der Waals surface area contributed by atoms with Gasteiger partial charge < -0.3 is 15.8 Å². The van der Waals surface area contributed by atoms with Gasteiger partial charge in [-0.1, -0.05) is 24.3 Å². The van der Waals surface area contributed by atoms with Gasteiger partial charge in [-0.15, -0.1) is 0 Å².